The van der Waals surface area contributed by atoms with Crippen LogP contribution in [0.25, 0.3) is 10.8 Å². The molecule has 2 heteroatoms. The molecule has 0 amide bonds. The predicted octanol–water partition coefficient (Wildman–Crippen LogP) is 4.98. The van der Waals surface area contributed by atoms with Gasteiger partial charge in [-0.3, -0.25) is 9.88 Å². The Morgan fingerprint density at radius 1 is 1.09 bits per heavy atom. The number of hydrogen-bond acceptors (Lipinski definition) is 2. The smallest absolute Gasteiger partial charge is 0.0349 e. The molecule has 1 aromatic carbocycles. The van der Waals surface area contributed by atoms with Crippen molar-refractivity contribution in [3.63, 3.8) is 0 Å². The Bertz CT molecular complexity index is 648. The Hall–Kier alpha value is -1.41. The van der Waals surface area contributed by atoms with Gasteiger partial charge < -0.3 is 0 Å². The van der Waals surface area contributed by atoms with E-state index in [1.54, 1.807) is 0 Å². The summed E-state index contributed by atoms with van der Waals surface area (Å²) in [7, 11) is 0. The minimum absolute atomic E-state index is 0.518. The SMILES string of the molecule is CC(C)c1ccc(CN2CCC(C)(C)CC2)c2ccncc12. The van der Waals surface area contributed by atoms with Gasteiger partial charge in [0, 0.05) is 24.3 Å². The number of likely N-dealkylation sites (tertiary alicyclic amines) is 1. The van der Waals surface area contributed by atoms with Crippen LogP contribution in [-0.4, -0.2) is 23.0 Å². The van der Waals surface area contributed by atoms with E-state index in [4.69, 9.17) is 0 Å². The lowest BCUT2D eigenvalue weighted by atomic mass is 9.82. The normalized spacial score (nSPS) is 19.0. The standard InChI is InChI=1S/C20H28N2/c1-15(2)17-6-5-16(18-7-10-21-13-19(17)18)14-22-11-8-20(3,4)9-12-22/h5-7,10,13,15H,8-9,11-12,14H2,1-4H3. The second-order valence-corrected chi connectivity index (χ2v) is 7.83. The fourth-order valence-corrected chi connectivity index (χ4v) is 3.47. The Morgan fingerprint density at radius 2 is 1.82 bits per heavy atom. The molecule has 2 aromatic rings. The number of aromatic nitrogens is 1. The van der Waals surface area contributed by atoms with Gasteiger partial charge in [0.15, 0.2) is 0 Å². The summed E-state index contributed by atoms with van der Waals surface area (Å²) in [6.45, 7) is 12.8. The van der Waals surface area contributed by atoms with Gasteiger partial charge in [0.25, 0.3) is 0 Å². The first-order valence-electron chi connectivity index (χ1n) is 8.54. The van der Waals surface area contributed by atoms with Gasteiger partial charge in [-0.2, -0.15) is 0 Å². The minimum Gasteiger partial charge on any atom is -0.299 e. The highest BCUT2D eigenvalue weighted by molar-refractivity contribution is 5.88. The molecular weight excluding hydrogens is 268 g/mol. The molecule has 0 spiro atoms. The molecular formula is C20H28N2. The first kappa shape index (κ1) is 15.5. The van der Waals surface area contributed by atoms with E-state index < -0.39 is 0 Å². The van der Waals surface area contributed by atoms with Crippen molar-refractivity contribution in [2.45, 2.75) is 53.0 Å². The topological polar surface area (TPSA) is 16.1 Å². The number of hydrogen-bond donors (Lipinski definition) is 0. The Kier molecular flexibility index (Phi) is 4.22. The maximum absolute atomic E-state index is 4.35. The van der Waals surface area contributed by atoms with Crippen molar-refractivity contribution in [2.24, 2.45) is 5.41 Å². The Labute approximate surface area is 134 Å². The van der Waals surface area contributed by atoms with Crippen molar-refractivity contribution in [3.8, 4) is 0 Å². The molecule has 1 fully saturated rings. The molecule has 22 heavy (non-hydrogen) atoms. The zero-order chi connectivity index (χ0) is 15.7. The summed E-state index contributed by atoms with van der Waals surface area (Å²) >= 11 is 0. The average Bonchev–Trinajstić information content (AvgIpc) is 2.49. The molecule has 0 radical (unpaired) electrons. The Morgan fingerprint density at radius 3 is 2.50 bits per heavy atom. The van der Waals surface area contributed by atoms with Gasteiger partial charge in [0.1, 0.15) is 0 Å². The zero-order valence-electron chi connectivity index (χ0n) is 14.4. The van der Waals surface area contributed by atoms with E-state index in [-0.39, 0.29) is 0 Å². The second kappa shape index (κ2) is 6.00. The summed E-state index contributed by atoms with van der Waals surface area (Å²) in [5.41, 5.74) is 3.37. The van der Waals surface area contributed by atoms with E-state index in [1.807, 2.05) is 12.4 Å². The molecule has 0 atom stereocenters. The zero-order valence-corrected chi connectivity index (χ0v) is 14.4. The third kappa shape index (κ3) is 3.17. The van der Waals surface area contributed by atoms with E-state index in [1.165, 1.54) is 47.8 Å². The summed E-state index contributed by atoms with van der Waals surface area (Å²) in [5, 5.41) is 2.71. The van der Waals surface area contributed by atoms with Crippen molar-refractivity contribution in [3.05, 3.63) is 41.7 Å². The lowest BCUT2D eigenvalue weighted by Crippen LogP contribution is -2.36. The summed E-state index contributed by atoms with van der Waals surface area (Å²) in [5.74, 6) is 0.538. The molecule has 0 saturated carbocycles. The molecule has 0 N–H and O–H groups in total. The molecule has 2 heterocycles. The fourth-order valence-electron chi connectivity index (χ4n) is 3.47. The quantitative estimate of drug-likeness (QED) is 0.794. The van der Waals surface area contributed by atoms with E-state index in [0.29, 0.717) is 11.3 Å². The monoisotopic (exact) mass is 296 g/mol. The molecule has 2 nitrogen and oxygen atoms in total. The van der Waals surface area contributed by atoms with Crippen LogP contribution in [0.4, 0.5) is 0 Å². The highest BCUT2D eigenvalue weighted by atomic mass is 15.1. The van der Waals surface area contributed by atoms with E-state index in [9.17, 15) is 0 Å². The predicted molar refractivity (Wildman–Crippen MR) is 94.1 cm³/mol. The van der Waals surface area contributed by atoms with Crippen LogP contribution in [0.3, 0.4) is 0 Å². The summed E-state index contributed by atoms with van der Waals surface area (Å²) in [6.07, 6.45) is 6.57. The molecule has 0 unspecified atom stereocenters. The van der Waals surface area contributed by atoms with Crippen molar-refractivity contribution >= 4 is 10.8 Å². The van der Waals surface area contributed by atoms with Crippen molar-refractivity contribution in [1.29, 1.82) is 0 Å². The lowest BCUT2D eigenvalue weighted by Gasteiger charge is -2.37. The van der Waals surface area contributed by atoms with Gasteiger partial charge in [-0.25, -0.2) is 0 Å². The first-order chi connectivity index (χ1) is 10.5. The minimum atomic E-state index is 0.518. The lowest BCUT2D eigenvalue weighted by molar-refractivity contribution is 0.127. The van der Waals surface area contributed by atoms with Crippen molar-refractivity contribution < 1.29 is 0 Å². The number of nitrogens with zero attached hydrogens (tertiary/aromatic N) is 2. The largest absolute Gasteiger partial charge is 0.299 e. The molecule has 0 aliphatic carbocycles. The van der Waals surface area contributed by atoms with Crippen LogP contribution in [-0.2, 0) is 6.54 Å². The fraction of sp³-hybridized carbons (Fsp3) is 0.550. The second-order valence-electron chi connectivity index (χ2n) is 7.83. The van der Waals surface area contributed by atoms with Gasteiger partial charge >= 0.3 is 0 Å². The number of fused-ring (bicyclic) bond motifs is 1. The first-order valence-corrected chi connectivity index (χ1v) is 8.54. The van der Waals surface area contributed by atoms with E-state index >= 15 is 0 Å². The summed E-state index contributed by atoms with van der Waals surface area (Å²) in [6, 6.07) is 6.82. The molecule has 1 aromatic heterocycles. The van der Waals surface area contributed by atoms with E-state index in [2.05, 4.69) is 55.8 Å². The third-order valence-corrected chi connectivity index (χ3v) is 5.17. The highest BCUT2D eigenvalue weighted by Crippen LogP contribution is 2.32. The molecule has 1 saturated heterocycles. The summed E-state index contributed by atoms with van der Waals surface area (Å²) in [4.78, 5) is 6.96. The number of benzene rings is 1. The number of pyridine rings is 1. The highest BCUT2D eigenvalue weighted by Gasteiger charge is 2.25. The molecule has 0 bridgehead atoms. The van der Waals surface area contributed by atoms with Crippen LogP contribution in [0.1, 0.15) is 57.6 Å². The third-order valence-electron chi connectivity index (χ3n) is 5.17. The van der Waals surface area contributed by atoms with Crippen molar-refractivity contribution in [2.75, 3.05) is 13.1 Å². The van der Waals surface area contributed by atoms with Crippen LogP contribution in [0.2, 0.25) is 0 Å². The number of piperidine rings is 1. The van der Waals surface area contributed by atoms with Crippen LogP contribution >= 0.6 is 0 Å². The van der Waals surface area contributed by atoms with Gasteiger partial charge in [-0.15, -0.1) is 0 Å². The molecule has 1 aliphatic heterocycles. The maximum atomic E-state index is 4.35. The van der Waals surface area contributed by atoms with Gasteiger partial charge in [0.2, 0.25) is 0 Å². The average molecular weight is 296 g/mol. The molecule has 118 valence electrons. The summed E-state index contributed by atoms with van der Waals surface area (Å²) < 4.78 is 0. The maximum Gasteiger partial charge on any atom is 0.0349 e. The van der Waals surface area contributed by atoms with Crippen molar-refractivity contribution in [1.82, 2.24) is 9.88 Å². The van der Waals surface area contributed by atoms with Crippen LogP contribution in [0.5, 0.6) is 0 Å². The molecule has 3 rings (SSSR count). The van der Waals surface area contributed by atoms with Gasteiger partial charge in [0.05, 0.1) is 0 Å². The Balaban J connectivity index is 1.87. The van der Waals surface area contributed by atoms with Gasteiger partial charge in [-0.1, -0.05) is 39.8 Å². The van der Waals surface area contributed by atoms with E-state index in [0.717, 1.165) is 6.54 Å². The molecule has 1 aliphatic rings. The van der Waals surface area contributed by atoms with Crippen LogP contribution in [0.15, 0.2) is 30.6 Å². The number of rotatable bonds is 3. The van der Waals surface area contributed by atoms with Crippen LogP contribution < -0.4 is 0 Å². The van der Waals surface area contributed by atoms with Gasteiger partial charge in [-0.05, 0) is 59.8 Å². The van der Waals surface area contributed by atoms with Crippen LogP contribution in [0, 0.1) is 5.41 Å².